The number of anilines is 1. The highest BCUT2D eigenvalue weighted by atomic mass is 79.9. The van der Waals surface area contributed by atoms with E-state index < -0.39 is 5.63 Å². The smallest absolute Gasteiger partial charge is 0.336 e. The number of rotatable bonds is 4. The van der Waals surface area contributed by atoms with E-state index in [0.717, 1.165) is 26.7 Å². The van der Waals surface area contributed by atoms with Crippen molar-refractivity contribution in [1.82, 2.24) is 0 Å². The molecule has 23 heavy (non-hydrogen) atoms. The van der Waals surface area contributed by atoms with Gasteiger partial charge < -0.3 is 14.8 Å². The molecule has 3 rings (SSSR count). The number of fused-ring (bicyclic) bond motifs is 1. The molecule has 1 heterocycles. The van der Waals surface area contributed by atoms with E-state index >= 15 is 0 Å². The molecule has 0 aliphatic heterocycles. The predicted molar refractivity (Wildman–Crippen MR) is 95.0 cm³/mol. The van der Waals surface area contributed by atoms with Crippen molar-refractivity contribution in [3.05, 3.63) is 68.5 Å². The molecule has 118 valence electrons. The van der Waals surface area contributed by atoms with Gasteiger partial charge in [-0.1, -0.05) is 22.9 Å². The number of hydrogen-bond donors (Lipinski definition) is 2. The lowest BCUT2D eigenvalue weighted by Crippen LogP contribution is -2.06. The highest BCUT2D eigenvalue weighted by molar-refractivity contribution is 9.10. The summed E-state index contributed by atoms with van der Waals surface area (Å²) in [6.45, 7) is 2.47. The second-order valence-corrected chi connectivity index (χ2v) is 6.20. The summed E-state index contributed by atoms with van der Waals surface area (Å²) in [5, 5.41) is 14.1. The zero-order valence-electron chi connectivity index (χ0n) is 12.6. The molecule has 0 aliphatic rings. The third-order valence-electron chi connectivity index (χ3n) is 3.74. The molecule has 2 N–H and O–H groups in total. The first-order valence-corrected chi connectivity index (χ1v) is 8.14. The largest absolute Gasteiger partial charge is 0.508 e. The summed E-state index contributed by atoms with van der Waals surface area (Å²) >= 11 is 3.40. The van der Waals surface area contributed by atoms with E-state index in [-0.39, 0.29) is 5.75 Å². The standard InChI is InChI=1S/C18H16BrNO3/c1-2-11-7-15-12(8-18(22)23-17(15)9-16(11)21)10-20-14-5-3-13(19)4-6-14/h3-9,20-21H,2,10H2,1H3. The van der Waals surface area contributed by atoms with Crippen LogP contribution in [0.5, 0.6) is 5.75 Å². The summed E-state index contributed by atoms with van der Waals surface area (Å²) in [6.07, 6.45) is 0.709. The minimum atomic E-state index is -0.422. The van der Waals surface area contributed by atoms with Gasteiger partial charge in [-0.05, 0) is 47.9 Å². The van der Waals surface area contributed by atoms with Gasteiger partial charge in [-0.3, -0.25) is 0 Å². The number of hydrogen-bond acceptors (Lipinski definition) is 4. The summed E-state index contributed by atoms with van der Waals surface area (Å²) in [4.78, 5) is 11.7. The molecule has 5 heteroatoms. The van der Waals surface area contributed by atoms with Crippen molar-refractivity contribution in [2.24, 2.45) is 0 Å². The topological polar surface area (TPSA) is 62.5 Å². The van der Waals surface area contributed by atoms with E-state index in [1.54, 1.807) is 0 Å². The second-order valence-electron chi connectivity index (χ2n) is 5.28. The van der Waals surface area contributed by atoms with Gasteiger partial charge >= 0.3 is 5.63 Å². The maximum Gasteiger partial charge on any atom is 0.336 e. The first-order chi connectivity index (χ1) is 11.1. The summed E-state index contributed by atoms with van der Waals surface area (Å²) in [5.41, 5.74) is 2.61. The van der Waals surface area contributed by atoms with E-state index in [9.17, 15) is 9.90 Å². The van der Waals surface area contributed by atoms with E-state index in [4.69, 9.17) is 4.42 Å². The van der Waals surface area contributed by atoms with E-state index in [0.29, 0.717) is 18.5 Å². The Morgan fingerprint density at radius 2 is 1.87 bits per heavy atom. The van der Waals surface area contributed by atoms with Crippen molar-refractivity contribution >= 4 is 32.6 Å². The Morgan fingerprint density at radius 1 is 1.13 bits per heavy atom. The first-order valence-electron chi connectivity index (χ1n) is 7.35. The van der Waals surface area contributed by atoms with Gasteiger partial charge in [0.2, 0.25) is 0 Å². The van der Waals surface area contributed by atoms with Crippen molar-refractivity contribution in [2.45, 2.75) is 19.9 Å². The summed E-state index contributed by atoms with van der Waals surface area (Å²) in [7, 11) is 0. The summed E-state index contributed by atoms with van der Waals surface area (Å²) in [6, 6.07) is 12.7. The van der Waals surface area contributed by atoms with Crippen molar-refractivity contribution in [2.75, 3.05) is 5.32 Å². The van der Waals surface area contributed by atoms with Crippen LogP contribution in [0.2, 0.25) is 0 Å². The van der Waals surface area contributed by atoms with Crippen LogP contribution >= 0.6 is 15.9 Å². The Morgan fingerprint density at radius 3 is 2.57 bits per heavy atom. The minimum Gasteiger partial charge on any atom is -0.508 e. The van der Waals surface area contributed by atoms with Crippen molar-refractivity contribution < 1.29 is 9.52 Å². The maximum atomic E-state index is 11.7. The van der Waals surface area contributed by atoms with Crippen LogP contribution in [0.4, 0.5) is 5.69 Å². The molecule has 0 radical (unpaired) electrons. The zero-order chi connectivity index (χ0) is 16.4. The SMILES string of the molecule is CCc1cc2c(CNc3ccc(Br)cc3)cc(=O)oc2cc1O. The lowest BCUT2D eigenvalue weighted by Gasteiger charge is -2.10. The van der Waals surface area contributed by atoms with Gasteiger partial charge in [0.05, 0.1) is 0 Å². The molecule has 0 saturated heterocycles. The fraction of sp³-hybridized carbons (Fsp3) is 0.167. The Hall–Kier alpha value is -2.27. The fourth-order valence-electron chi connectivity index (χ4n) is 2.50. The molecule has 0 unspecified atom stereocenters. The van der Waals surface area contributed by atoms with Crippen LogP contribution < -0.4 is 10.9 Å². The molecule has 0 bridgehead atoms. The number of halogens is 1. The third-order valence-corrected chi connectivity index (χ3v) is 4.27. The van der Waals surface area contributed by atoms with Gasteiger partial charge in [0.15, 0.2) is 0 Å². The molecule has 1 aromatic heterocycles. The molecule has 0 atom stereocenters. The number of phenolic OH excluding ortho intramolecular Hbond substituents is 1. The fourth-order valence-corrected chi connectivity index (χ4v) is 2.77. The Kier molecular flexibility index (Phi) is 4.39. The molecule has 0 amide bonds. The van der Waals surface area contributed by atoms with Crippen LogP contribution in [-0.2, 0) is 13.0 Å². The summed E-state index contributed by atoms with van der Waals surface area (Å²) < 4.78 is 6.21. The van der Waals surface area contributed by atoms with E-state index in [1.807, 2.05) is 37.3 Å². The van der Waals surface area contributed by atoms with Gasteiger partial charge in [-0.25, -0.2) is 4.79 Å². The monoisotopic (exact) mass is 373 g/mol. The van der Waals surface area contributed by atoms with E-state index in [1.165, 1.54) is 12.1 Å². The number of nitrogens with one attached hydrogen (secondary N) is 1. The number of aromatic hydroxyl groups is 1. The molecule has 0 spiro atoms. The van der Waals surface area contributed by atoms with Gasteiger partial charge in [-0.15, -0.1) is 0 Å². The van der Waals surface area contributed by atoms with Gasteiger partial charge in [0, 0.05) is 34.2 Å². The molecular weight excluding hydrogens is 358 g/mol. The Balaban J connectivity index is 1.98. The molecule has 0 fully saturated rings. The third kappa shape index (κ3) is 3.40. The highest BCUT2D eigenvalue weighted by Gasteiger charge is 2.10. The number of aryl methyl sites for hydroxylation is 1. The van der Waals surface area contributed by atoms with Crippen LogP contribution in [0.15, 0.2) is 56.1 Å². The Labute approximate surface area is 141 Å². The van der Waals surface area contributed by atoms with Crippen LogP contribution in [0.25, 0.3) is 11.0 Å². The average Bonchev–Trinajstić information content (AvgIpc) is 2.53. The lowest BCUT2D eigenvalue weighted by atomic mass is 10.0. The van der Waals surface area contributed by atoms with Crippen molar-refractivity contribution in [1.29, 1.82) is 0 Å². The lowest BCUT2D eigenvalue weighted by molar-refractivity contribution is 0.466. The van der Waals surface area contributed by atoms with Crippen LogP contribution in [0.3, 0.4) is 0 Å². The van der Waals surface area contributed by atoms with E-state index in [2.05, 4.69) is 21.2 Å². The quantitative estimate of drug-likeness (QED) is 0.663. The maximum absolute atomic E-state index is 11.7. The van der Waals surface area contributed by atoms with Gasteiger partial charge in [0.1, 0.15) is 11.3 Å². The molecule has 0 saturated carbocycles. The van der Waals surface area contributed by atoms with Crippen molar-refractivity contribution in [3.63, 3.8) is 0 Å². The Bertz CT molecular complexity index is 901. The second kappa shape index (κ2) is 6.46. The predicted octanol–water partition coefficient (Wildman–Crippen LogP) is 4.44. The van der Waals surface area contributed by atoms with Crippen molar-refractivity contribution in [3.8, 4) is 5.75 Å². The van der Waals surface area contributed by atoms with Crippen LogP contribution in [-0.4, -0.2) is 5.11 Å². The molecule has 3 aromatic rings. The zero-order valence-corrected chi connectivity index (χ0v) is 14.2. The van der Waals surface area contributed by atoms with Gasteiger partial charge in [0.25, 0.3) is 0 Å². The van der Waals surface area contributed by atoms with Crippen LogP contribution in [0, 0.1) is 0 Å². The molecular formula is C18H16BrNO3. The van der Waals surface area contributed by atoms with Gasteiger partial charge in [-0.2, -0.15) is 0 Å². The average molecular weight is 374 g/mol. The first kappa shape index (κ1) is 15.6. The normalized spacial score (nSPS) is 10.9. The minimum absolute atomic E-state index is 0.154. The van der Waals surface area contributed by atoms with Crippen LogP contribution in [0.1, 0.15) is 18.1 Å². The number of benzene rings is 2. The molecule has 0 aliphatic carbocycles. The summed E-state index contributed by atoms with van der Waals surface area (Å²) in [5.74, 6) is 0.154. The number of phenols is 1. The molecule has 4 nitrogen and oxygen atoms in total. The molecule has 2 aromatic carbocycles. The highest BCUT2D eigenvalue weighted by Crippen LogP contribution is 2.27.